The molecule has 4 rings (SSSR count). The van der Waals surface area contributed by atoms with Gasteiger partial charge in [0.1, 0.15) is 10.6 Å². The van der Waals surface area contributed by atoms with Crippen molar-refractivity contribution in [3.63, 3.8) is 0 Å². The lowest BCUT2D eigenvalue weighted by molar-refractivity contribution is 0.0728. The molecule has 0 unspecified atom stereocenters. The summed E-state index contributed by atoms with van der Waals surface area (Å²) in [6.45, 7) is 1.10. The van der Waals surface area contributed by atoms with E-state index in [0.717, 1.165) is 12.0 Å². The van der Waals surface area contributed by atoms with Crippen LogP contribution in [0.3, 0.4) is 0 Å². The Bertz CT molecular complexity index is 1210. The van der Waals surface area contributed by atoms with Crippen LogP contribution in [-0.4, -0.2) is 30.8 Å². The Kier molecular flexibility index (Phi) is 5.82. The van der Waals surface area contributed by atoms with Crippen LogP contribution in [0.25, 0.3) is 0 Å². The highest BCUT2D eigenvalue weighted by molar-refractivity contribution is 7.90. The van der Waals surface area contributed by atoms with Gasteiger partial charge in [0, 0.05) is 13.1 Å². The maximum Gasteiger partial charge on any atom is 0.272 e. The summed E-state index contributed by atoms with van der Waals surface area (Å²) >= 11 is 12.1. The number of carbonyl (C=O) groups excluding carboxylic acids is 1. The number of hydrogen-bond acceptors (Lipinski definition) is 4. The van der Waals surface area contributed by atoms with Crippen molar-refractivity contribution >= 4 is 38.9 Å². The molecule has 1 amide bonds. The van der Waals surface area contributed by atoms with Crippen LogP contribution in [0.4, 0.5) is 0 Å². The van der Waals surface area contributed by atoms with E-state index in [9.17, 15) is 13.2 Å². The molecular formula is C22H18Cl2N2O3S. The first-order valence-electron chi connectivity index (χ1n) is 9.34. The summed E-state index contributed by atoms with van der Waals surface area (Å²) in [6.07, 6.45) is 0.779. The highest BCUT2D eigenvalue weighted by atomic mass is 35.5. The lowest BCUT2D eigenvalue weighted by Gasteiger charge is -2.28. The Balaban J connectivity index is 1.57. The molecule has 2 aromatic carbocycles. The molecule has 0 bridgehead atoms. The summed E-state index contributed by atoms with van der Waals surface area (Å²) in [7, 11) is -3.83. The van der Waals surface area contributed by atoms with Gasteiger partial charge in [-0.2, -0.15) is 0 Å². The van der Waals surface area contributed by atoms with Gasteiger partial charge >= 0.3 is 0 Å². The van der Waals surface area contributed by atoms with E-state index in [1.54, 1.807) is 29.2 Å². The quantitative estimate of drug-likeness (QED) is 0.572. The van der Waals surface area contributed by atoms with Gasteiger partial charge < -0.3 is 4.90 Å². The Morgan fingerprint density at radius 1 is 0.933 bits per heavy atom. The van der Waals surface area contributed by atoms with Crippen molar-refractivity contribution in [2.75, 3.05) is 6.54 Å². The number of nitrogens with zero attached hydrogens (tertiary/aromatic N) is 2. The Labute approximate surface area is 185 Å². The number of carbonyl (C=O) groups is 1. The molecule has 0 saturated heterocycles. The second kappa shape index (κ2) is 8.38. The molecule has 154 valence electrons. The first-order chi connectivity index (χ1) is 14.3. The second-order valence-corrected chi connectivity index (χ2v) is 9.81. The lowest BCUT2D eigenvalue weighted by atomic mass is 10.00. The van der Waals surface area contributed by atoms with Crippen LogP contribution < -0.4 is 0 Å². The highest BCUT2D eigenvalue weighted by Gasteiger charge is 2.25. The minimum atomic E-state index is -3.83. The van der Waals surface area contributed by atoms with Crippen molar-refractivity contribution in [2.45, 2.75) is 23.6 Å². The predicted octanol–water partition coefficient (Wildman–Crippen LogP) is 4.56. The monoisotopic (exact) mass is 460 g/mol. The number of rotatable bonds is 4. The van der Waals surface area contributed by atoms with Crippen molar-refractivity contribution < 1.29 is 13.2 Å². The summed E-state index contributed by atoms with van der Waals surface area (Å²) in [6, 6.07) is 17.4. The molecule has 5 nitrogen and oxygen atoms in total. The standard InChI is InChI=1S/C22H18Cl2N2O3S/c23-18-8-4-9-19(24)21(18)30(28,29)14-17-7-3-10-20(25-17)22(27)26-12-11-15-5-1-2-6-16(15)13-26/h1-10H,11-14H2. The third-order valence-corrected chi connectivity index (χ3v) is 7.60. The average molecular weight is 461 g/mol. The van der Waals surface area contributed by atoms with Gasteiger partial charge in [-0.25, -0.2) is 13.4 Å². The molecule has 30 heavy (non-hydrogen) atoms. The van der Waals surface area contributed by atoms with Crippen LogP contribution in [0.5, 0.6) is 0 Å². The fourth-order valence-electron chi connectivity index (χ4n) is 3.56. The Morgan fingerprint density at radius 3 is 2.33 bits per heavy atom. The van der Waals surface area contributed by atoms with Gasteiger partial charge in [-0.15, -0.1) is 0 Å². The van der Waals surface area contributed by atoms with Gasteiger partial charge in [0.05, 0.1) is 21.5 Å². The van der Waals surface area contributed by atoms with Gasteiger partial charge in [0.25, 0.3) is 5.91 Å². The van der Waals surface area contributed by atoms with Gasteiger partial charge in [-0.05, 0) is 41.8 Å². The maximum absolute atomic E-state index is 13.0. The molecule has 0 N–H and O–H groups in total. The topological polar surface area (TPSA) is 67.3 Å². The van der Waals surface area contributed by atoms with E-state index in [-0.39, 0.29) is 32.2 Å². The highest BCUT2D eigenvalue weighted by Crippen LogP contribution is 2.31. The predicted molar refractivity (Wildman–Crippen MR) is 116 cm³/mol. The van der Waals surface area contributed by atoms with Crippen molar-refractivity contribution in [1.82, 2.24) is 9.88 Å². The molecule has 0 aliphatic carbocycles. The van der Waals surface area contributed by atoms with E-state index in [4.69, 9.17) is 23.2 Å². The first kappa shape index (κ1) is 20.8. The molecule has 1 aromatic heterocycles. The van der Waals surface area contributed by atoms with Crippen molar-refractivity contribution in [1.29, 1.82) is 0 Å². The number of benzene rings is 2. The fourth-order valence-corrected chi connectivity index (χ4v) is 6.08. The third-order valence-electron chi connectivity index (χ3n) is 5.01. The zero-order valence-electron chi connectivity index (χ0n) is 15.9. The summed E-state index contributed by atoms with van der Waals surface area (Å²) in [5.41, 5.74) is 2.83. The number of hydrogen-bond donors (Lipinski definition) is 0. The van der Waals surface area contributed by atoms with Crippen LogP contribution in [0.1, 0.15) is 27.3 Å². The molecule has 2 heterocycles. The molecule has 0 radical (unpaired) electrons. The number of fused-ring (bicyclic) bond motifs is 1. The van der Waals surface area contributed by atoms with E-state index in [1.165, 1.54) is 17.7 Å². The zero-order valence-corrected chi connectivity index (χ0v) is 18.2. The molecule has 1 aliphatic rings. The Morgan fingerprint density at radius 2 is 1.60 bits per heavy atom. The van der Waals surface area contributed by atoms with Crippen molar-refractivity contribution in [3.05, 3.63) is 93.2 Å². The van der Waals surface area contributed by atoms with Gasteiger partial charge in [-0.1, -0.05) is 59.6 Å². The number of pyridine rings is 1. The third kappa shape index (κ3) is 4.21. The number of halogens is 2. The van der Waals surface area contributed by atoms with Crippen molar-refractivity contribution in [2.24, 2.45) is 0 Å². The zero-order chi connectivity index (χ0) is 21.3. The maximum atomic E-state index is 13.0. The number of aromatic nitrogens is 1. The normalized spacial score (nSPS) is 13.7. The van der Waals surface area contributed by atoms with Gasteiger partial charge in [-0.3, -0.25) is 4.79 Å². The fraction of sp³-hybridized carbons (Fsp3) is 0.182. The molecular weight excluding hydrogens is 443 g/mol. The summed E-state index contributed by atoms with van der Waals surface area (Å²) < 4.78 is 25.7. The van der Waals surface area contributed by atoms with Gasteiger partial charge in [0.15, 0.2) is 9.84 Å². The molecule has 1 aliphatic heterocycles. The smallest absolute Gasteiger partial charge is 0.272 e. The average Bonchev–Trinajstić information content (AvgIpc) is 2.72. The molecule has 8 heteroatoms. The molecule has 0 fully saturated rings. The van der Waals surface area contributed by atoms with Crippen LogP contribution in [0.15, 0.2) is 65.6 Å². The molecule has 0 saturated carbocycles. The van der Waals surface area contributed by atoms with Crippen LogP contribution in [0.2, 0.25) is 10.0 Å². The summed E-state index contributed by atoms with van der Waals surface area (Å²) in [5, 5.41) is 0.114. The van der Waals surface area contributed by atoms with Crippen molar-refractivity contribution in [3.8, 4) is 0 Å². The summed E-state index contributed by atoms with van der Waals surface area (Å²) in [5.74, 6) is -0.625. The second-order valence-electron chi connectivity index (χ2n) is 7.07. The van der Waals surface area contributed by atoms with E-state index in [1.807, 2.05) is 18.2 Å². The Hall–Kier alpha value is -2.41. The molecule has 3 aromatic rings. The molecule has 0 atom stereocenters. The number of amides is 1. The van der Waals surface area contributed by atoms with E-state index >= 15 is 0 Å². The van der Waals surface area contributed by atoms with Crippen LogP contribution in [-0.2, 0) is 28.6 Å². The first-order valence-corrected chi connectivity index (χ1v) is 11.7. The van der Waals surface area contributed by atoms with Gasteiger partial charge in [0.2, 0.25) is 0 Å². The lowest BCUT2D eigenvalue weighted by Crippen LogP contribution is -2.36. The van der Waals surface area contributed by atoms with Crippen LogP contribution >= 0.6 is 23.2 Å². The van der Waals surface area contributed by atoms with Crippen LogP contribution in [0, 0.1) is 0 Å². The number of sulfone groups is 1. The minimum Gasteiger partial charge on any atom is -0.333 e. The summed E-state index contributed by atoms with van der Waals surface area (Å²) in [4.78, 5) is 18.9. The minimum absolute atomic E-state index is 0.0571. The van der Waals surface area contributed by atoms with E-state index in [2.05, 4.69) is 11.1 Å². The van der Waals surface area contributed by atoms with E-state index < -0.39 is 15.6 Å². The SMILES string of the molecule is O=C(c1cccc(CS(=O)(=O)c2c(Cl)cccc2Cl)n1)N1CCc2ccccc2C1. The largest absolute Gasteiger partial charge is 0.333 e. The molecule has 0 spiro atoms. The van der Waals surface area contributed by atoms with E-state index in [0.29, 0.717) is 13.1 Å².